The highest BCUT2D eigenvalue weighted by molar-refractivity contribution is 6.33. The Bertz CT molecular complexity index is 1860. The molecule has 4 heteroatoms. The van der Waals surface area contributed by atoms with Crippen molar-refractivity contribution < 1.29 is 9.59 Å². The Hall–Kier alpha value is -5.22. The summed E-state index contributed by atoms with van der Waals surface area (Å²) in [6.07, 6.45) is 0. The average molecular weight is 489 g/mol. The highest BCUT2D eigenvalue weighted by Crippen LogP contribution is 2.44. The molecule has 2 amide bonds. The lowest BCUT2D eigenvalue weighted by Crippen LogP contribution is -2.21. The normalized spacial score (nSPS) is 15.2. The molecule has 0 unspecified atom stereocenters. The maximum atomic E-state index is 13.7. The third-order valence-electron chi connectivity index (χ3n) is 7.72. The molecule has 2 N–H and O–H groups in total. The summed E-state index contributed by atoms with van der Waals surface area (Å²) in [5.41, 5.74) is 3.68. The molecule has 2 aliphatic heterocycles. The fraction of sp³-hybridized carbons (Fsp3) is 0. The molecule has 8 rings (SSSR count). The molecular weight excluding hydrogens is 468 g/mol. The molecule has 6 aromatic carbocycles. The SMILES string of the molecule is O=C1NC(c2c3ccccc3cc3ccccc23)=C2C(=O)NC(c3c4ccccc4cc4ccccc34)=C12. The highest BCUT2D eigenvalue weighted by atomic mass is 16.2. The van der Waals surface area contributed by atoms with Crippen LogP contribution in [0.4, 0.5) is 0 Å². The van der Waals surface area contributed by atoms with Gasteiger partial charge in [0.25, 0.3) is 11.8 Å². The standard InChI is InChI=1S/C34H20N2O2/c37-33-29-30(32(36-33)28-25-15-7-3-11-21(25)18-22-12-4-8-16-26(22)28)34(38)35-31(29)27-23-13-5-1-9-19(23)17-20-10-2-6-14-24(20)27/h1-18H,(H,35,38)(H,36,37). The predicted octanol–water partition coefficient (Wildman–Crippen LogP) is 6.68. The number of fused-ring (bicyclic) bond motifs is 5. The first-order chi connectivity index (χ1) is 18.7. The van der Waals surface area contributed by atoms with Gasteiger partial charge in [-0.1, -0.05) is 97.1 Å². The Morgan fingerprint density at radius 3 is 1.00 bits per heavy atom. The number of carbonyl (C=O) groups excluding carboxylic acids is 2. The lowest BCUT2D eigenvalue weighted by atomic mass is 9.91. The summed E-state index contributed by atoms with van der Waals surface area (Å²) in [7, 11) is 0. The Labute approximate surface area is 217 Å². The summed E-state index contributed by atoms with van der Waals surface area (Å²) in [4.78, 5) is 27.4. The van der Waals surface area contributed by atoms with Gasteiger partial charge in [0.1, 0.15) is 0 Å². The van der Waals surface area contributed by atoms with Crippen LogP contribution in [0.5, 0.6) is 0 Å². The van der Waals surface area contributed by atoms with Crippen molar-refractivity contribution in [3.05, 3.63) is 131 Å². The Balaban J connectivity index is 1.49. The minimum absolute atomic E-state index is 0.266. The molecule has 4 nitrogen and oxygen atoms in total. The molecule has 0 aromatic heterocycles. The minimum atomic E-state index is -0.266. The van der Waals surface area contributed by atoms with Crippen LogP contribution < -0.4 is 10.6 Å². The molecule has 0 saturated heterocycles. The van der Waals surface area contributed by atoms with Crippen molar-refractivity contribution >= 4 is 66.3 Å². The van der Waals surface area contributed by atoms with E-state index in [1.165, 1.54) is 0 Å². The van der Waals surface area contributed by atoms with E-state index in [1.807, 2.05) is 72.8 Å². The monoisotopic (exact) mass is 488 g/mol. The summed E-state index contributed by atoms with van der Waals surface area (Å²) < 4.78 is 0. The Morgan fingerprint density at radius 1 is 0.395 bits per heavy atom. The van der Waals surface area contributed by atoms with E-state index in [9.17, 15) is 9.59 Å². The number of rotatable bonds is 2. The third kappa shape index (κ3) is 2.80. The predicted molar refractivity (Wildman–Crippen MR) is 153 cm³/mol. The average Bonchev–Trinajstić information content (AvgIpc) is 3.47. The molecule has 0 spiro atoms. The van der Waals surface area contributed by atoms with Crippen molar-refractivity contribution in [3.63, 3.8) is 0 Å². The fourth-order valence-electron chi connectivity index (χ4n) is 6.12. The zero-order chi connectivity index (χ0) is 25.4. The molecule has 2 heterocycles. The first-order valence-corrected chi connectivity index (χ1v) is 12.6. The molecular formula is C34H20N2O2. The highest BCUT2D eigenvalue weighted by Gasteiger charge is 2.42. The first-order valence-electron chi connectivity index (χ1n) is 12.6. The van der Waals surface area contributed by atoms with Crippen LogP contribution in [0.15, 0.2) is 120 Å². The number of amides is 2. The van der Waals surface area contributed by atoms with E-state index in [0.29, 0.717) is 22.5 Å². The lowest BCUT2D eigenvalue weighted by molar-refractivity contribution is -0.117. The summed E-state index contributed by atoms with van der Waals surface area (Å²) >= 11 is 0. The van der Waals surface area contributed by atoms with Gasteiger partial charge in [0.15, 0.2) is 0 Å². The van der Waals surface area contributed by atoms with Crippen LogP contribution in [-0.4, -0.2) is 11.8 Å². The van der Waals surface area contributed by atoms with Gasteiger partial charge in [-0.3, -0.25) is 9.59 Å². The summed E-state index contributed by atoms with van der Waals surface area (Å²) in [6.45, 7) is 0. The molecule has 178 valence electrons. The van der Waals surface area contributed by atoms with Gasteiger partial charge in [-0.25, -0.2) is 0 Å². The Kier molecular flexibility index (Phi) is 4.21. The second-order valence-corrected chi connectivity index (χ2v) is 9.80. The summed E-state index contributed by atoms with van der Waals surface area (Å²) in [5, 5.41) is 14.4. The van der Waals surface area contributed by atoms with Gasteiger partial charge in [-0.2, -0.15) is 0 Å². The molecule has 2 aliphatic rings. The van der Waals surface area contributed by atoms with Crippen LogP contribution in [0, 0.1) is 0 Å². The number of hydrogen-bond acceptors (Lipinski definition) is 2. The first kappa shape index (κ1) is 20.9. The zero-order valence-electron chi connectivity index (χ0n) is 20.2. The summed E-state index contributed by atoms with van der Waals surface area (Å²) in [6, 6.07) is 36.7. The van der Waals surface area contributed by atoms with E-state index in [2.05, 4.69) is 47.0 Å². The second kappa shape index (κ2) is 7.64. The quantitative estimate of drug-likeness (QED) is 0.267. The molecule has 0 aliphatic carbocycles. The maximum absolute atomic E-state index is 13.7. The smallest absolute Gasteiger partial charge is 0.258 e. The zero-order valence-corrected chi connectivity index (χ0v) is 20.2. The van der Waals surface area contributed by atoms with E-state index in [0.717, 1.165) is 54.2 Å². The van der Waals surface area contributed by atoms with Crippen LogP contribution in [0.2, 0.25) is 0 Å². The van der Waals surface area contributed by atoms with Crippen molar-refractivity contribution in [2.24, 2.45) is 0 Å². The van der Waals surface area contributed by atoms with E-state index in [1.54, 1.807) is 0 Å². The molecule has 0 bridgehead atoms. The van der Waals surface area contributed by atoms with Crippen LogP contribution in [0.1, 0.15) is 11.1 Å². The number of hydrogen-bond donors (Lipinski definition) is 2. The number of benzene rings is 6. The van der Waals surface area contributed by atoms with E-state index in [-0.39, 0.29) is 11.8 Å². The van der Waals surface area contributed by atoms with Gasteiger partial charge in [0.2, 0.25) is 0 Å². The van der Waals surface area contributed by atoms with Crippen LogP contribution in [0.25, 0.3) is 54.5 Å². The fourth-order valence-corrected chi connectivity index (χ4v) is 6.12. The van der Waals surface area contributed by atoms with E-state index < -0.39 is 0 Å². The van der Waals surface area contributed by atoms with Gasteiger partial charge < -0.3 is 10.6 Å². The third-order valence-corrected chi connectivity index (χ3v) is 7.72. The molecule has 0 saturated carbocycles. The van der Waals surface area contributed by atoms with Crippen LogP contribution >= 0.6 is 0 Å². The maximum Gasteiger partial charge on any atom is 0.258 e. The molecule has 0 radical (unpaired) electrons. The van der Waals surface area contributed by atoms with Gasteiger partial charge in [0, 0.05) is 11.1 Å². The lowest BCUT2D eigenvalue weighted by Gasteiger charge is -2.15. The topological polar surface area (TPSA) is 58.2 Å². The van der Waals surface area contributed by atoms with Crippen molar-refractivity contribution in [3.8, 4) is 0 Å². The molecule has 38 heavy (non-hydrogen) atoms. The molecule has 0 fully saturated rings. The largest absolute Gasteiger partial charge is 0.321 e. The van der Waals surface area contributed by atoms with Gasteiger partial charge >= 0.3 is 0 Å². The van der Waals surface area contributed by atoms with Crippen LogP contribution in [-0.2, 0) is 9.59 Å². The van der Waals surface area contributed by atoms with E-state index >= 15 is 0 Å². The van der Waals surface area contributed by atoms with Crippen LogP contribution in [0.3, 0.4) is 0 Å². The van der Waals surface area contributed by atoms with Gasteiger partial charge in [-0.05, 0) is 55.2 Å². The molecule has 6 aromatic rings. The van der Waals surface area contributed by atoms with Crippen molar-refractivity contribution in [1.29, 1.82) is 0 Å². The van der Waals surface area contributed by atoms with Crippen molar-refractivity contribution in [2.75, 3.05) is 0 Å². The van der Waals surface area contributed by atoms with Gasteiger partial charge in [0.05, 0.1) is 22.5 Å². The van der Waals surface area contributed by atoms with Crippen molar-refractivity contribution in [2.45, 2.75) is 0 Å². The minimum Gasteiger partial charge on any atom is -0.321 e. The summed E-state index contributed by atoms with van der Waals surface area (Å²) in [5.74, 6) is -0.533. The second-order valence-electron chi connectivity index (χ2n) is 9.80. The molecule has 0 atom stereocenters. The number of carbonyl (C=O) groups is 2. The van der Waals surface area contributed by atoms with Crippen molar-refractivity contribution in [1.82, 2.24) is 10.6 Å². The number of nitrogens with one attached hydrogen (secondary N) is 2. The van der Waals surface area contributed by atoms with Gasteiger partial charge in [-0.15, -0.1) is 0 Å². The Morgan fingerprint density at radius 2 is 0.684 bits per heavy atom. The van der Waals surface area contributed by atoms with E-state index in [4.69, 9.17) is 0 Å².